The number of hydrogen-bond acceptors (Lipinski definition) is 1. The normalized spacial score (nSPS) is 13.9. The molecule has 1 aromatic carbocycles. The van der Waals surface area contributed by atoms with Gasteiger partial charge < -0.3 is 5.32 Å². The molecule has 0 heterocycles. The molecule has 0 aromatic heterocycles. The molecule has 0 bridgehead atoms. The molecule has 1 nitrogen and oxygen atoms in total. The third-order valence-corrected chi connectivity index (χ3v) is 3.47. The maximum absolute atomic E-state index is 3.57. The summed E-state index contributed by atoms with van der Waals surface area (Å²) in [5.74, 6) is 0. The first kappa shape index (κ1) is 13.0. The van der Waals surface area contributed by atoms with Crippen molar-refractivity contribution >= 4 is 22.6 Å². The highest BCUT2D eigenvalue weighted by Crippen LogP contribution is 2.34. The van der Waals surface area contributed by atoms with Crippen LogP contribution in [0.15, 0.2) is 24.3 Å². The Kier molecular flexibility index (Phi) is 4.59. The topological polar surface area (TPSA) is 12.0 Å². The summed E-state index contributed by atoms with van der Waals surface area (Å²) >= 11 is 2.42. The molecule has 1 unspecified atom stereocenters. The van der Waals surface area contributed by atoms with E-state index in [4.69, 9.17) is 0 Å². The van der Waals surface area contributed by atoms with Crippen molar-refractivity contribution < 1.29 is 0 Å². The molecule has 2 heteroatoms. The largest absolute Gasteiger partial charge is 0.310 e. The van der Waals surface area contributed by atoms with E-state index in [1.54, 1.807) is 0 Å². The highest BCUT2D eigenvalue weighted by Gasteiger charge is 2.26. The summed E-state index contributed by atoms with van der Waals surface area (Å²) in [6.07, 6.45) is 0. The number of hydrogen-bond donors (Lipinski definition) is 1. The van der Waals surface area contributed by atoms with E-state index in [0.717, 1.165) is 6.54 Å². The average molecular weight is 317 g/mol. The summed E-state index contributed by atoms with van der Waals surface area (Å²) in [5.41, 5.74) is 1.66. The zero-order valence-electron chi connectivity index (χ0n) is 9.97. The van der Waals surface area contributed by atoms with Gasteiger partial charge in [0.25, 0.3) is 0 Å². The second kappa shape index (κ2) is 5.30. The van der Waals surface area contributed by atoms with Crippen molar-refractivity contribution in [1.82, 2.24) is 5.32 Å². The van der Waals surface area contributed by atoms with Crippen molar-refractivity contribution in [3.05, 3.63) is 33.4 Å². The molecule has 0 saturated carbocycles. The van der Waals surface area contributed by atoms with E-state index in [1.165, 1.54) is 9.13 Å². The average Bonchev–Trinajstić information content (AvgIpc) is 2.14. The third kappa shape index (κ3) is 3.45. The maximum atomic E-state index is 3.57. The first-order valence-corrected chi connectivity index (χ1v) is 6.52. The van der Waals surface area contributed by atoms with Crippen LogP contribution in [-0.2, 0) is 0 Å². The van der Waals surface area contributed by atoms with Crippen LogP contribution in [0, 0.1) is 8.99 Å². The molecule has 1 rings (SSSR count). The summed E-state index contributed by atoms with van der Waals surface area (Å²) in [7, 11) is 0. The highest BCUT2D eigenvalue weighted by atomic mass is 127. The Morgan fingerprint density at radius 3 is 2.33 bits per heavy atom. The number of benzene rings is 1. The molecule has 0 spiro atoms. The predicted molar refractivity (Wildman–Crippen MR) is 75.0 cm³/mol. The van der Waals surface area contributed by atoms with Crippen molar-refractivity contribution in [2.75, 3.05) is 6.54 Å². The van der Waals surface area contributed by atoms with Gasteiger partial charge in [-0.25, -0.2) is 0 Å². The van der Waals surface area contributed by atoms with E-state index in [0.29, 0.717) is 6.04 Å². The van der Waals surface area contributed by atoms with Crippen LogP contribution in [0.5, 0.6) is 0 Å². The number of nitrogens with one attached hydrogen (secondary N) is 1. The van der Waals surface area contributed by atoms with Gasteiger partial charge in [-0.1, -0.05) is 45.9 Å². The fourth-order valence-corrected chi connectivity index (χ4v) is 2.49. The van der Waals surface area contributed by atoms with Gasteiger partial charge in [0.1, 0.15) is 0 Å². The van der Waals surface area contributed by atoms with E-state index < -0.39 is 0 Å². The van der Waals surface area contributed by atoms with Crippen LogP contribution >= 0.6 is 22.6 Å². The van der Waals surface area contributed by atoms with Crippen LogP contribution in [-0.4, -0.2) is 6.54 Å². The van der Waals surface area contributed by atoms with E-state index >= 15 is 0 Å². The number of halogens is 1. The lowest BCUT2D eigenvalue weighted by Gasteiger charge is -2.32. The van der Waals surface area contributed by atoms with Crippen LogP contribution in [0.4, 0.5) is 0 Å². The van der Waals surface area contributed by atoms with Crippen molar-refractivity contribution in [2.45, 2.75) is 33.7 Å². The zero-order valence-corrected chi connectivity index (χ0v) is 12.1. The van der Waals surface area contributed by atoms with E-state index in [2.05, 4.69) is 79.9 Å². The molecule has 0 fully saturated rings. The summed E-state index contributed by atoms with van der Waals surface area (Å²) in [6, 6.07) is 9.03. The third-order valence-electron chi connectivity index (χ3n) is 2.49. The van der Waals surface area contributed by atoms with E-state index in [1.807, 2.05) is 0 Å². The van der Waals surface area contributed by atoms with Crippen molar-refractivity contribution in [1.29, 1.82) is 0 Å². The predicted octanol–water partition coefficient (Wildman–Crippen LogP) is 3.99. The summed E-state index contributed by atoms with van der Waals surface area (Å²) in [6.45, 7) is 10.0. The van der Waals surface area contributed by atoms with Crippen molar-refractivity contribution in [2.24, 2.45) is 5.41 Å². The van der Waals surface area contributed by atoms with Crippen LogP contribution < -0.4 is 5.32 Å². The lowest BCUT2D eigenvalue weighted by molar-refractivity contribution is 0.276. The molecule has 1 aromatic rings. The van der Waals surface area contributed by atoms with Gasteiger partial charge in [0, 0.05) is 9.61 Å². The first-order chi connectivity index (χ1) is 6.96. The van der Waals surface area contributed by atoms with Crippen LogP contribution in [0.3, 0.4) is 0 Å². The van der Waals surface area contributed by atoms with E-state index in [9.17, 15) is 0 Å². The van der Waals surface area contributed by atoms with Gasteiger partial charge in [0.15, 0.2) is 0 Å². The second-order valence-electron chi connectivity index (χ2n) is 4.88. The SMILES string of the molecule is CCNC(c1ccccc1I)C(C)(C)C. The molecule has 1 atom stereocenters. The van der Waals surface area contributed by atoms with Crippen LogP contribution in [0.25, 0.3) is 0 Å². The minimum Gasteiger partial charge on any atom is -0.310 e. The molecular formula is C13H20IN. The fourth-order valence-electron chi connectivity index (χ4n) is 1.80. The van der Waals surface area contributed by atoms with Gasteiger partial charge in [-0.3, -0.25) is 0 Å². The number of rotatable bonds is 3. The Morgan fingerprint density at radius 2 is 1.87 bits per heavy atom. The molecule has 0 saturated heterocycles. The standard InChI is InChI=1S/C13H20IN/c1-5-15-12(13(2,3)4)10-8-6-7-9-11(10)14/h6-9,12,15H,5H2,1-4H3. The second-order valence-corrected chi connectivity index (χ2v) is 6.04. The molecule has 0 aliphatic rings. The first-order valence-electron chi connectivity index (χ1n) is 5.44. The Balaban J connectivity index is 3.05. The molecule has 0 aliphatic carbocycles. The minimum absolute atomic E-state index is 0.247. The lowest BCUT2D eigenvalue weighted by Crippen LogP contribution is -2.32. The summed E-state index contributed by atoms with van der Waals surface area (Å²) in [5, 5.41) is 3.57. The smallest absolute Gasteiger partial charge is 0.0379 e. The Bertz CT molecular complexity index is 315. The summed E-state index contributed by atoms with van der Waals surface area (Å²) < 4.78 is 1.34. The van der Waals surface area contributed by atoms with Gasteiger partial charge in [-0.05, 0) is 46.2 Å². The fraction of sp³-hybridized carbons (Fsp3) is 0.538. The zero-order chi connectivity index (χ0) is 11.5. The van der Waals surface area contributed by atoms with Gasteiger partial charge in [0.05, 0.1) is 0 Å². The Labute approximate surface area is 107 Å². The Hall–Kier alpha value is -0.0900. The van der Waals surface area contributed by atoms with Gasteiger partial charge in [0.2, 0.25) is 0 Å². The molecule has 15 heavy (non-hydrogen) atoms. The lowest BCUT2D eigenvalue weighted by atomic mass is 9.82. The Morgan fingerprint density at radius 1 is 1.27 bits per heavy atom. The van der Waals surface area contributed by atoms with Gasteiger partial charge in [-0.15, -0.1) is 0 Å². The van der Waals surface area contributed by atoms with Crippen LogP contribution in [0.1, 0.15) is 39.3 Å². The van der Waals surface area contributed by atoms with Gasteiger partial charge in [-0.2, -0.15) is 0 Å². The molecule has 0 radical (unpaired) electrons. The molecular weight excluding hydrogens is 297 g/mol. The summed E-state index contributed by atoms with van der Waals surface area (Å²) in [4.78, 5) is 0. The quantitative estimate of drug-likeness (QED) is 0.831. The van der Waals surface area contributed by atoms with Crippen molar-refractivity contribution in [3.8, 4) is 0 Å². The van der Waals surface area contributed by atoms with Crippen molar-refractivity contribution in [3.63, 3.8) is 0 Å². The maximum Gasteiger partial charge on any atom is 0.0379 e. The minimum atomic E-state index is 0.247. The molecule has 0 amide bonds. The molecule has 1 N–H and O–H groups in total. The van der Waals surface area contributed by atoms with Crippen LogP contribution in [0.2, 0.25) is 0 Å². The monoisotopic (exact) mass is 317 g/mol. The highest BCUT2D eigenvalue weighted by molar-refractivity contribution is 14.1. The van der Waals surface area contributed by atoms with E-state index in [-0.39, 0.29) is 5.41 Å². The molecule has 84 valence electrons. The molecule has 0 aliphatic heterocycles. The van der Waals surface area contributed by atoms with Gasteiger partial charge >= 0.3 is 0 Å².